The van der Waals surface area contributed by atoms with Crippen LogP contribution in [-0.4, -0.2) is 25.7 Å². The average Bonchev–Trinajstić information content (AvgIpc) is 2.48. The summed E-state index contributed by atoms with van der Waals surface area (Å²) in [5, 5.41) is 8.77. The Hall–Kier alpha value is -0.620. The Labute approximate surface area is 90.9 Å². The lowest BCUT2D eigenvalue weighted by molar-refractivity contribution is -0.137. The third kappa shape index (κ3) is 4.06. The maximum absolute atomic E-state index is 10.3. The molecule has 0 saturated heterocycles. The van der Waals surface area contributed by atoms with Crippen LogP contribution in [0.4, 0.5) is 0 Å². The second kappa shape index (κ2) is 5.31. The molecular weight excluding hydrogens is 220 g/mol. The molecule has 1 aromatic rings. The summed E-state index contributed by atoms with van der Waals surface area (Å²) in [6, 6.07) is 0. The first-order chi connectivity index (χ1) is 6.58. The molecule has 1 heterocycles. The van der Waals surface area contributed by atoms with Gasteiger partial charge in [-0.2, -0.15) is 4.37 Å². The minimum absolute atomic E-state index is 0.214. The lowest BCUT2D eigenvalue weighted by Crippen LogP contribution is -2.01. The van der Waals surface area contributed by atoms with Gasteiger partial charge in [0, 0.05) is 11.7 Å². The molecule has 0 amide bonds. The van der Waals surface area contributed by atoms with Crippen LogP contribution < -0.4 is 0 Å². The maximum Gasteiger partial charge on any atom is 0.303 e. The summed E-state index contributed by atoms with van der Waals surface area (Å²) in [4.78, 5) is 14.5. The van der Waals surface area contributed by atoms with Crippen molar-refractivity contribution in [3.8, 4) is 0 Å². The minimum Gasteiger partial charge on any atom is -0.481 e. The molecule has 0 aliphatic carbocycles. The number of carboxylic acids is 1. The van der Waals surface area contributed by atoms with Crippen molar-refractivity contribution in [3.05, 3.63) is 5.82 Å². The van der Waals surface area contributed by atoms with E-state index in [1.54, 1.807) is 11.8 Å². The van der Waals surface area contributed by atoms with E-state index in [0.717, 1.165) is 10.2 Å². The van der Waals surface area contributed by atoms with E-state index in [0.29, 0.717) is 6.42 Å². The van der Waals surface area contributed by atoms with Gasteiger partial charge in [0.25, 0.3) is 0 Å². The topological polar surface area (TPSA) is 63.1 Å². The molecule has 0 spiro atoms. The molecule has 0 aliphatic rings. The predicted molar refractivity (Wildman–Crippen MR) is 56.8 cm³/mol. The first-order valence-corrected chi connectivity index (χ1v) is 5.92. The monoisotopic (exact) mass is 232 g/mol. The highest BCUT2D eigenvalue weighted by molar-refractivity contribution is 8.01. The van der Waals surface area contributed by atoms with Gasteiger partial charge in [0.15, 0.2) is 4.34 Å². The molecule has 1 rings (SSSR count). The van der Waals surface area contributed by atoms with E-state index in [1.165, 1.54) is 11.5 Å². The summed E-state index contributed by atoms with van der Waals surface area (Å²) < 4.78 is 4.98. The Morgan fingerprint density at radius 2 is 2.43 bits per heavy atom. The van der Waals surface area contributed by atoms with Crippen LogP contribution in [0.25, 0.3) is 0 Å². The van der Waals surface area contributed by atoms with Crippen molar-refractivity contribution in [2.24, 2.45) is 0 Å². The first kappa shape index (κ1) is 11.5. The van der Waals surface area contributed by atoms with Gasteiger partial charge in [0.05, 0.1) is 0 Å². The number of carboxylic acid groups (broad SMARTS) is 1. The van der Waals surface area contributed by atoms with Gasteiger partial charge in [-0.1, -0.05) is 18.7 Å². The largest absolute Gasteiger partial charge is 0.481 e. The van der Waals surface area contributed by atoms with Gasteiger partial charge in [-0.15, -0.1) is 0 Å². The zero-order valence-corrected chi connectivity index (χ0v) is 9.69. The summed E-state index contributed by atoms with van der Waals surface area (Å²) in [5.41, 5.74) is 0. The SMILES string of the molecule is Cc1nsc(SC(C)CCC(=O)O)n1. The van der Waals surface area contributed by atoms with Crippen molar-refractivity contribution in [1.29, 1.82) is 0 Å². The summed E-state index contributed by atoms with van der Waals surface area (Å²) in [6.07, 6.45) is 0.880. The second-order valence-electron chi connectivity index (χ2n) is 2.97. The molecule has 1 atom stereocenters. The Morgan fingerprint density at radius 3 is 2.93 bits per heavy atom. The number of aromatic nitrogens is 2. The summed E-state index contributed by atoms with van der Waals surface area (Å²) in [7, 11) is 0. The number of rotatable bonds is 5. The molecule has 1 N–H and O–H groups in total. The number of hydrogen-bond donors (Lipinski definition) is 1. The fourth-order valence-electron chi connectivity index (χ4n) is 0.884. The van der Waals surface area contributed by atoms with Crippen molar-refractivity contribution in [1.82, 2.24) is 9.36 Å². The van der Waals surface area contributed by atoms with Crippen molar-refractivity contribution in [2.45, 2.75) is 36.3 Å². The van der Waals surface area contributed by atoms with E-state index in [-0.39, 0.29) is 11.7 Å². The van der Waals surface area contributed by atoms with Gasteiger partial charge < -0.3 is 5.11 Å². The van der Waals surface area contributed by atoms with Crippen LogP contribution in [0.15, 0.2) is 4.34 Å². The quantitative estimate of drug-likeness (QED) is 0.788. The van der Waals surface area contributed by atoms with E-state index >= 15 is 0 Å². The van der Waals surface area contributed by atoms with Gasteiger partial charge in [-0.25, -0.2) is 4.98 Å². The Bertz CT molecular complexity index is 314. The van der Waals surface area contributed by atoms with E-state index in [4.69, 9.17) is 5.11 Å². The zero-order chi connectivity index (χ0) is 10.6. The standard InChI is InChI=1S/C8H12N2O2S2/c1-5(3-4-7(11)12)13-8-9-6(2)10-14-8/h5H,3-4H2,1-2H3,(H,11,12). The third-order valence-electron chi connectivity index (χ3n) is 1.58. The third-order valence-corrected chi connectivity index (χ3v) is 3.62. The number of carbonyl (C=O) groups is 1. The van der Waals surface area contributed by atoms with Gasteiger partial charge in [-0.05, 0) is 24.9 Å². The minimum atomic E-state index is -0.745. The number of thioether (sulfide) groups is 1. The lowest BCUT2D eigenvalue weighted by atomic mass is 10.2. The van der Waals surface area contributed by atoms with Gasteiger partial charge in [0.2, 0.25) is 0 Å². The Morgan fingerprint density at radius 1 is 1.71 bits per heavy atom. The number of hydrogen-bond acceptors (Lipinski definition) is 5. The molecule has 0 fully saturated rings. The fraction of sp³-hybridized carbons (Fsp3) is 0.625. The van der Waals surface area contributed by atoms with Crippen LogP contribution >= 0.6 is 23.3 Å². The molecule has 78 valence electrons. The molecule has 6 heteroatoms. The normalized spacial score (nSPS) is 12.7. The van der Waals surface area contributed by atoms with E-state index in [1.807, 2.05) is 13.8 Å². The fourth-order valence-corrected chi connectivity index (χ4v) is 2.85. The predicted octanol–water partition coefficient (Wildman–Crippen LogP) is 2.19. The first-order valence-electron chi connectivity index (χ1n) is 4.26. The van der Waals surface area contributed by atoms with Crippen LogP contribution in [0.3, 0.4) is 0 Å². The summed E-state index contributed by atoms with van der Waals surface area (Å²) in [6.45, 7) is 3.85. The lowest BCUT2D eigenvalue weighted by Gasteiger charge is -2.05. The van der Waals surface area contributed by atoms with Crippen LogP contribution in [0.5, 0.6) is 0 Å². The molecule has 0 radical (unpaired) electrons. The highest BCUT2D eigenvalue weighted by atomic mass is 32.2. The molecule has 1 unspecified atom stereocenters. The molecule has 0 saturated carbocycles. The van der Waals surface area contributed by atoms with E-state index in [2.05, 4.69) is 9.36 Å². The highest BCUT2D eigenvalue weighted by Crippen LogP contribution is 2.27. The molecule has 4 nitrogen and oxygen atoms in total. The van der Waals surface area contributed by atoms with Gasteiger partial charge >= 0.3 is 5.97 Å². The van der Waals surface area contributed by atoms with Crippen molar-refractivity contribution < 1.29 is 9.90 Å². The summed E-state index contributed by atoms with van der Waals surface area (Å²) in [5.74, 6) is 0.0360. The van der Waals surface area contributed by atoms with Crippen LogP contribution in [0.2, 0.25) is 0 Å². The molecule has 0 bridgehead atoms. The van der Waals surface area contributed by atoms with E-state index < -0.39 is 5.97 Å². The van der Waals surface area contributed by atoms with Crippen molar-refractivity contribution in [3.63, 3.8) is 0 Å². The average molecular weight is 232 g/mol. The molecule has 14 heavy (non-hydrogen) atoms. The smallest absolute Gasteiger partial charge is 0.303 e. The Kier molecular flexibility index (Phi) is 4.34. The van der Waals surface area contributed by atoms with Crippen LogP contribution in [-0.2, 0) is 4.79 Å². The number of nitrogens with zero attached hydrogens (tertiary/aromatic N) is 2. The highest BCUT2D eigenvalue weighted by Gasteiger charge is 2.09. The van der Waals surface area contributed by atoms with Crippen molar-refractivity contribution in [2.75, 3.05) is 0 Å². The molecule has 0 aromatic carbocycles. The second-order valence-corrected chi connectivity index (χ2v) is 5.41. The van der Waals surface area contributed by atoms with Crippen LogP contribution in [0, 0.1) is 6.92 Å². The summed E-state index contributed by atoms with van der Waals surface area (Å²) >= 11 is 2.95. The Balaban J connectivity index is 2.33. The van der Waals surface area contributed by atoms with E-state index in [9.17, 15) is 4.79 Å². The van der Waals surface area contributed by atoms with Gasteiger partial charge in [-0.3, -0.25) is 4.79 Å². The maximum atomic E-state index is 10.3. The zero-order valence-electron chi connectivity index (χ0n) is 8.06. The molecule has 1 aromatic heterocycles. The van der Waals surface area contributed by atoms with Crippen LogP contribution in [0.1, 0.15) is 25.6 Å². The van der Waals surface area contributed by atoms with Gasteiger partial charge in [0.1, 0.15) is 5.82 Å². The molecule has 0 aliphatic heterocycles. The number of aliphatic carboxylic acids is 1. The molecular formula is C8H12N2O2S2. The number of aryl methyl sites for hydroxylation is 1. The van der Waals surface area contributed by atoms with Crippen molar-refractivity contribution >= 4 is 29.3 Å².